The van der Waals surface area contributed by atoms with E-state index >= 15 is 0 Å². The molecule has 0 radical (unpaired) electrons. The lowest BCUT2D eigenvalue weighted by Crippen LogP contribution is -2.44. The van der Waals surface area contributed by atoms with Crippen molar-refractivity contribution in [2.24, 2.45) is 5.92 Å². The number of benzene rings is 1. The normalized spacial score (nSPS) is 16.9. The van der Waals surface area contributed by atoms with Crippen molar-refractivity contribution in [1.29, 1.82) is 0 Å². The summed E-state index contributed by atoms with van der Waals surface area (Å²) in [6.45, 7) is 6.36. The molecule has 2 rings (SSSR count). The van der Waals surface area contributed by atoms with E-state index in [2.05, 4.69) is 20.8 Å². The third-order valence-electron chi connectivity index (χ3n) is 4.91. The number of carbonyl (C=O) groups excluding carboxylic acids is 1. The summed E-state index contributed by atoms with van der Waals surface area (Å²) in [5.74, 6) is -1.65. The maximum absolute atomic E-state index is 12.9. The first-order chi connectivity index (χ1) is 12.4. The average Bonchev–Trinajstić information content (AvgIpc) is 2.60. The van der Waals surface area contributed by atoms with Crippen LogP contribution in [0, 0.1) is 5.92 Å². The van der Waals surface area contributed by atoms with E-state index in [0.29, 0.717) is 12.8 Å². The summed E-state index contributed by atoms with van der Waals surface area (Å²) in [7, 11) is -2.14. The van der Waals surface area contributed by atoms with E-state index in [-0.39, 0.29) is 41.8 Å². The van der Waals surface area contributed by atoms with E-state index < -0.39 is 16.0 Å². The standard InChI is InChI=1S/C19H28N2O5S/c1-19(2,3)15-5-7-16(8-6-15)27(25,26)21-11-9-14(10-12-21)18(24)20(4)13-17(22)23/h5-8,14H,9-13H2,1-4H3,(H,22,23). The molecular weight excluding hydrogens is 368 g/mol. The lowest BCUT2D eigenvalue weighted by Gasteiger charge is -2.32. The zero-order valence-electron chi connectivity index (χ0n) is 16.3. The first kappa shape index (κ1) is 21.4. The molecule has 1 amide bonds. The number of amides is 1. The SMILES string of the molecule is CN(CC(=O)O)C(=O)C1CCN(S(=O)(=O)c2ccc(C(C)(C)C)cc2)CC1. The number of sulfonamides is 1. The van der Waals surface area contributed by atoms with Crippen molar-refractivity contribution in [2.45, 2.75) is 43.9 Å². The third kappa shape index (κ3) is 5.07. The molecule has 1 aromatic carbocycles. The second-order valence-electron chi connectivity index (χ2n) is 8.04. The highest BCUT2D eigenvalue weighted by Gasteiger charge is 2.33. The van der Waals surface area contributed by atoms with Crippen LogP contribution < -0.4 is 0 Å². The quantitative estimate of drug-likeness (QED) is 0.821. The molecule has 1 heterocycles. The molecule has 1 saturated heterocycles. The van der Waals surface area contributed by atoms with Gasteiger partial charge in [-0.1, -0.05) is 32.9 Å². The van der Waals surface area contributed by atoms with E-state index in [9.17, 15) is 18.0 Å². The van der Waals surface area contributed by atoms with Gasteiger partial charge in [-0.2, -0.15) is 4.31 Å². The van der Waals surface area contributed by atoms with Crippen LogP contribution in [0.25, 0.3) is 0 Å². The van der Waals surface area contributed by atoms with Gasteiger partial charge in [-0.05, 0) is 36.0 Å². The second-order valence-corrected chi connectivity index (χ2v) is 9.98. The largest absolute Gasteiger partial charge is 0.480 e. The van der Waals surface area contributed by atoms with E-state index in [1.807, 2.05) is 12.1 Å². The summed E-state index contributed by atoms with van der Waals surface area (Å²) >= 11 is 0. The maximum atomic E-state index is 12.9. The van der Waals surface area contributed by atoms with Crippen LogP contribution in [-0.2, 0) is 25.0 Å². The van der Waals surface area contributed by atoms with E-state index in [1.54, 1.807) is 12.1 Å². The smallest absolute Gasteiger partial charge is 0.323 e. The van der Waals surface area contributed by atoms with Crippen molar-refractivity contribution in [3.8, 4) is 0 Å². The molecule has 7 nitrogen and oxygen atoms in total. The zero-order valence-corrected chi connectivity index (χ0v) is 17.1. The number of nitrogens with zero attached hydrogens (tertiary/aromatic N) is 2. The average molecular weight is 397 g/mol. The van der Waals surface area contributed by atoms with Gasteiger partial charge in [0.15, 0.2) is 0 Å². The lowest BCUT2D eigenvalue weighted by molar-refractivity contribution is -0.145. The van der Waals surface area contributed by atoms with Crippen molar-refractivity contribution in [1.82, 2.24) is 9.21 Å². The lowest BCUT2D eigenvalue weighted by atomic mass is 9.87. The van der Waals surface area contributed by atoms with Gasteiger partial charge < -0.3 is 10.0 Å². The van der Waals surface area contributed by atoms with Crippen LogP contribution >= 0.6 is 0 Å². The van der Waals surface area contributed by atoms with Crippen LogP contribution in [0.5, 0.6) is 0 Å². The minimum Gasteiger partial charge on any atom is -0.480 e. The third-order valence-corrected chi connectivity index (χ3v) is 6.82. The summed E-state index contributed by atoms with van der Waals surface area (Å²) in [6, 6.07) is 6.94. The van der Waals surface area contributed by atoms with Crippen molar-refractivity contribution in [3.05, 3.63) is 29.8 Å². The van der Waals surface area contributed by atoms with E-state index in [1.165, 1.54) is 16.3 Å². The van der Waals surface area contributed by atoms with Crippen molar-refractivity contribution < 1.29 is 23.1 Å². The first-order valence-corrected chi connectivity index (χ1v) is 10.4. The van der Waals surface area contributed by atoms with Gasteiger partial charge >= 0.3 is 5.97 Å². The Morgan fingerprint density at radius 3 is 2.11 bits per heavy atom. The van der Waals surface area contributed by atoms with Gasteiger partial charge in [0.05, 0.1) is 4.90 Å². The Labute approximate surface area is 161 Å². The molecule has 0 aromatic heterocycles. The molecule has 27 heavy (non-hydrogen) atoms. The van der Waals surface area contributed by atoms with Crippen LogP contribution in [0.2, 0.25) is 0 Å². The number of hydrogen-bond donors (Lipinski definition) is 1. The Kier molecular flexibility index (Phi) is 6.32. The van der Waals surface area contributed by atoms with Gasteiger partial charge in [-0.25, -0.2) is 8.42 Å². The molecule has 1 N–H and O–H groups in total. The molecular formula is C19H28N2O5S. The molecule has 0 aliphatic carbocycles. The maximum Gasteiger partial charge on any atom is 0.323 e. The Balaban J connectivity index is 2.04. The van der Waals surface area contributed by atoms with Crippen LogP contribution in [0.1, 0.15) is 39.2 Å². The summed E-state index contributed by atoms with van der Waals surface area (Å²) in [5, 5.41) is 8.79. The number of hydrogen-bond acceptors (Lipinski definition) is 4. The fraction of sp³-hybridized carbons (Fsp3) is 0.579. The highest BCUT2D eigenvalue weighted by molar-refractivity contribution is 7.89. The Bertz CT molecular complexity index is 788. The Morgan fingerprint density at radius 2 is 1.67 bits per heavy atom. The molecule has 150 valence electrons. The molecule has 0 unspecified atom stereocenters. The zero-order chi connectivity index (χ0) is 20.4. The number of piperidine rings is 1. The number of rotatable bonds is 5. The van der Waals surface area contributed by atoms with E-state index in [0.717, 1.165) is 5.56 Å². The number of carbonyl (C=O) groups is 2. The van der Waals surface area contributed by atoms with Gasteiger partial charge in [0, 0.05) is 26.1 Å². The summed E-state index contributed by atoms with van der Waals surface area (Å²) in [6.07, 6.45) is 0.782. The van der Waals surface area contributed by atoms with Gasteiger partial charge in [-0.3, -0.25) is 9.59 Å². The highest BCUT2D eigenvalue weighted by Crippen LogP contribution is 2.27. The monoisotopic (exact) mass is 396 g/mol. The minimum absolute atomic E-state index is 0.0526. The highest BCUT2D eigenvalue weighted by atomic mass is 32.2. The molecule has 8 heteroatoms. The summed E-state index contributed by atoms with van der Waals surface area (Å²) in [5.41, 5.74) is 1.01. The molecule has 1 aromatic rings. The van der Waals surface area contributed by atoms with Gasteiger partial charge in [-0.15, -0.1) is 0 Å². The summed E-state index contributed by atoms with van der Waals surface area (Å²) < 4.78 is 27.1. The van der Waals surface area contributed by atoms with Crippen LogP contribution in [0.4, 0.5) is 0 Å². The fourth-order valence-electron chi connectivity index (χ4n) is 3.21. The van der Waals surface area contributed by atoms with Crippen LogP contribution in [0.15, 0.2) is 29.2 Å². The Hall–Kier alpha value is -1.93. The van der Waals surface area contributed by atoms with Gasteiger partial charge in [0.2, 0.25) is 15.9 Å². The molecule has 1 fully saturated rings. The van der Waals surface area contributed by atoms with Gasteiger partial charge in [0.1, 0.15) is 6.54 Å². The van der Waals surface area contributed by atoms with Crippen molar-refractivity contribution >= 4 is 21.9 Å². The number of likely N-dealkylation sites (N-methyl/N-ethyl adjacent to an activating group) is 1. The van der Waals surface area contributed by atoms with Crippen LogP contribution in [0.3, 0.4) is 0 Å². The molecule has 1 aliphatic heterocycles. The van der Waals surface area contributed by atoms with Crippen molar-refractivity contribution in [2.75, 3.05) is 26.7 Å². The fourth-order valence-corrected chi connectivity index (χ4v) is 4.68. The predicted molar refractivity (Wildman–Crippen MR) is 102 cm³/mol. The first-order valence-electron chi connectivity index (χ1n) is 9.00. The topological polar surface area (TPSA) is 95.0 Å². The number of carboxylic acids is 1. The minimum atomic E-state index is -3.60. The molecule has 1 aliphatic rings. The number of carboxylic acid groups (broad SMARTS) is 1. The molecule has 0 spiro atoms. The second kappa shape index (κ2) is 7.98. The van der Waals surface area contributed by atoms with Gasteiger partial charge in [0.25, 0.3) is 0 Å². The van der Waals surface area contributed by atoms with Crippen molar-refractivity contribution in [3.63, 3.8) is 0 Å². The van der Waals surface area contributed by atoms with E-state index in [4.69, 9.17) is 5.11 Å². The molecule has 0 bridgehead atoms. The Morgan fingerprint density at radius 1 is 1.15 bits per heavy atom. The van der Waals surface area contributed by atoms with Crippen LogP contribution in [-0.4, -0.2) is 61.3 Å². The number of aliphatic carboxylic acids is 1. The predicted octanol–water partition coefficient (Wildman–Crippen LogP) is 1.93. The summed E-state index contributed by atoms with van der Waals surface area (Å²) in [4.78, 5) is 24.5. The molecule has 0 saturated carbocycles. The molecule has 0 atom stereocenters.